The second-order valence-corrected chi connectivity index (χ2v) is 8.27. The minimum absolute atomic E-state index is 0.223. The van der Waals surface area contributed by atoms with Crippen LogP contribution in [-0.4, -0.2) is 36.7 Å². The van der Waals surface area contributed by atoms with Crippen molar-refractivity contribution in [3.8, 4) is 6.07 Å². The Morgan fingerprint density at radius 3 is 2.81 bits per heavy atom. The number of hydrogen-bond acceptors (Lipinski definition) is 7. The SMILES string of the molecule is COC(=O)c1c(N2CCSC(C)(C)CC2)sc(C#N)c1N. The Balaban J connectivity index is 2.39. The van der Waals surface area contributed by atoms with Gasteiger partial charge in [-0.3, -0.25) is 0 Å². The quantitative estimate of drug-likeness (QED) is 0.842. The summed E-state index contributed by atoms with van der Waals surface area (Å²) >= 11 is 3.20. The minimum Gasteiger partial charge on any atom is -0.465 e. The number of nitrogens with zero attached hydrogens (tertiary/aromatic N) is 2. The molecule has 0 saturated carbocycles. The fraction of sp³-hybridized carbons (Fsp3) is 0.571. The number of nitrogen functional groups attached to an aromatic ring is 1. The van der Waals surface area contributed by atoms with Crippen LogP contribution in [-0.2, 0) is 4.74 Å². The summed E-state index contributed by atoms with van der Waals surface area (Å²) in [6, 6.07) is 2.06. The Morgan fingerprint density at radius 2 is 2.19 bits per heavy atom. The van der Waals surface area contributed by atoms with E-state index in [1.54, 1.807) is 0 Å². The summed E-state index contributed by atoms with van der Waals surface area (Å²) in [7, 11) is 1.33. The van der Waals surface area contributed by atoms with Crippen LogP contribution in [0.5, 0.6) is 0 Å². The molecule has 1 aliphatic rings. The van der Waals surface area contributed by atoms with Crippen molar-refractivity contribution in [2.24, 2.45) is 0 Å². The van der Waals surface area contributed by atoms with Crippen molar-refractivity contribution < 1.29 is 9.53 Å². The van der Waals surface area contributed by atoms with Gasteiger partial charge in [0, 0.05) is 23.6 Å². The predicted octanol–water partition coefficient (Wildman–Crippen LogP) is 2.71. The summed E-state index contributed by atoms with van der Waals surface area (Å²) in [5.74, 6) is 0.504. The van der Waals surface area contributed by atoms with E-state index < -0.39 is 5.97 Å². The first-order chi connectivity index (χ1) is 9.89. The normalized spacial score (nSPS) is 17.9. The fourth-order valence-electron chi connectivity index (χ4n) is 2.26. The third kappa shape index (κ3) is 3.27. The maximum Gasteiger partial charge on any atom is 0.343 e. The van der Waals surface area contributed by atoms with Crippen LogP contribution in [0, 0.1) is 11.3 Å². The number of anilines is 2. The van der Waals surface area contributed by atoms with Gasteiger partial charge in [0.15, 0.2) is 0 Å². The number of ether oxygens (including phenoxy) is 1. The maximum absolute atomic E-state index is 12.0. The average Bonchev–Trinajstić information content (AvgIpc) is 2.66. The molecular weight excluding hydrogens is 306 g/mol. The van der Waals surface area contributed by atoms with Crippen molar-refractivity contribution in [1.29, 1.82) is 5.26 Å². The minimum atomic E-state index is -0.476. The number of thiophene rings is 1. The average molecular weight is 325 g/mol. The van der Waals surface area contributed by atoms with Crippen molar-refractivity contribution in [3.63, 3.8) is 0 Å². The number of hydrogen-bond donors (Lipinski definition) is 1. The summed E-state index contributed by atoms with van der Waals surface area (Å²) in [5.41, 5.74) is 6.52. The van der Waals surface area contributed by atoms with Crippen LogP contribution in [0.4, 0.5) is 10.7 Å². The van der Waals surface area contributed by atoms with Crippen LogP contribution < -0.4 is 10.6 Å². The van der Waals surface area contributed by atoms with E-state index in [9.17, 15) is 4.79 Å². The number of nitriles is 1. The largest absolute Gasteiger partial charge is 0.465 e. The first-order valence-corrected chi connectivity index (χ1v) is 8.49. The van der Waals surface area contributed by atoms with Crippen LogP contribution in [0.2, 0.25) is 0 Å². The van der Waals surface area contributed by atoms with Gasteiger partial charge in [0.05, 0.1) is 12.8 Å². The van der Waals surface area contributed by atoms with Gasteiger partial charge < -0.3 is 15.4 Å². The van der Waals surface area contributed by atoms with E-state index in [2.05, 4.69) is 24.8 Å². The summed E-state index contributed by atoms with van der Waals surface area (Å²) in [6.07, 6.45) is 1.01. The Bertz CT molecular complexity index is 590. The molecule has 1 aliphatic heterocycles. The van der Waals surface area contributed by atoms with Gasteiger partial charge in [-0.25, -0.2) is 4.79 Å². The third-order valence-corrected chi connectivity index (χ3v) is 6.09. The molecule has 0 atom stereocenters. The molecule has 0 radical (unpaired) electrons. The molecule has 1 aromatic heterocycles. The topological polar surface area (TPSA) is 79.3 Å². The highest BCUT2D eigenvalue weighted by molar-refractivity contribution is 8.00. The Morgan fingerprint density at radius 1 is 1.48 bits per heavy atom. The van der Waals surface area contributed by atoms with Crippen molar-refractivity contribution >= 4 is 39.8 Å². The standard InChI is InChI=1S/C14H19N3O2S2/c1-14(2)4-5-17(6-7-20-14)12-10(13(18)19-3)11(16)9(8-15)21-12/h4-7,16H2,1-3H3. The van der Waals surface area contributed by atoms with Crippen molar-refractivity contribution in [3.05, 3.63) is 10.4 Å². The molecular formula is C14H19N3O2S2. The maximum atomic E-state index is 12.0. The molecule has 2 N–H and O–H groups in total. The van der Waals surface area contributed by atoms with Gasteiger partial charge in [-0.1, -0.05) is 13.8 Å². The van der Waals surface area contributed by atoms with Gasteiger partial charge in [-0.05, 0) is 6.42 Å². The number of nitrogens with two attached hydrogens (primary N) is 1. The molecule has 2 heterocycles. The predicted molar refractivity (Wildman–Crippen MR) is 88.2 cm³/mol. The van der Waals surface area contributed by atoms with Crippen LogP contribution in [0.3, 0.4) is 0 Å². The lowest BCUT2D eigenvalue weighted by Gasteiger charge is -2.23. The van der Waals surface area contributed by atoms with Gasteiger partial charge in [-0.15, -0.1) is 11.3 Å². The highest BCUT2D eigenvalue weighted by atomic mass is 32.2. The number of rotatable bonds is 2. The molecule has 0 unspecified atom stereocenters. The second-order valence-electron chi connectivity index (χ2n) is 5.47. The Hall–Kier alpha value is -1.39. The fourth-order valence-corrected chi connectivity index (χ4v) is 4.42. The summed E-state index contributed by atoms with van der Waals surface area (Å²) < 4.78 is 5.05. The highest BCUT2D eigenvalue weighted by Gasteiger charge is 2.30. The lowest BCUT2D eigenvalue weighted by Crippen LogP contribution is -2.27. The lowest BCUT2D eigenvalue weighted by atomic mass is 10.1. The molecule has 21 heavy (non-hydrogen) atoms. The van der Waals surface area contributed by atoms with Crippen molar-refractivity contribution in [2.75, 3.05) is 36.6 Å². The number of thioether (sulfide) groups is 1. The number of carbonyl (C=O) groups excluding carboxylic acids is 1. The monoisotopic (exact) mass is 325 g/mol. The van der Waals surface area contributed by atoms with Crippen LogP contribution in [0.1, 0.15) is 35.5 Å². The second kappa shape index (κ2) is 6.16. The highest BCUT2D eigenvalue weighted by Crippen LogP contribution is 2.40. The van der Waals surface area contributed by atoms with Crippen molar-refractivity contribution in [1.82, 2.24) is 0 Å². The molecule has 0 aliphatic carbocycles. The van der Waals surface area contributed by atoms with Gasteiger partial charge >= 0.3 is 5.97 Å². The Labute approximate surface area is 133 Å². The summed E-state index contributed by atoms with van der Waals surface area (Å²) in [5, 5.41) is 9.91. The molecule has 114 valence electrons. The Kier molecular flexibility index (Phi) is 4.69. The van der Waals surface area contributed by atoms with Crippen LogP contribution in [0.15, 0.2) is 0 Å². The van der Waals surface area contributed by atoms with Gasteiger partial charge in [0.2, 0.25) is 0 Å². The van der Waals surface area contributed by atoms with E-state index in [1.165, 1.54) is 18.4 Å². The molecule has 0 aromatic carbocycles. The third-order valence-electron chi connectivity index (χ3n) is 3.54. The summed E-state index contributed by atoms with van der Waals surface area (Å²) in [4.78, 5) is 14.5. The van der Waals surface area contributed by atoms with Crippen LogP contribution >= 0.6 is 23.1 Å². The van der Waals surface area contributed by atoms with E-state index in [0.29, 0.717) is 10.4 Å². The molecule has 7 heteroatoms. The van der Waals surface area contributed by atoms with E-state index in [-0.39, 0.29) is 10.4 Å². The molecule has 1 saturated heterocycles. The van der Waals surface area contributed by atoms with Gasteiger partial charge in [0.25, 0.3) is 0 Å². The molecule has 1 aromatic rings. The van der Waals surface area contributed by atoms with E-state index in [4.69, 9.17) is 15.7 Å². The molecule has 0 bridgehead atoms. The first kappa shape index (κ1) is 16.0. The zero-order valence-corrected chi connectivity index (χ0v) is 14.1. The van der Waals surface area contributed by atoms with E-state index in [1.807, 2.05) is 11.8 Å². The number of carbonyl (C=O) groups is 1. The first-order valence-electron chi connectivity index (χ1n) is 6.69. The smallest absolute Gasteiger partial charge is 0.343 e. The lowest BCUT2D eigenvalue weighted by molar-refractivity contribution is 0.0603. The molecule has 0 amide bonds. The zero-order valence-electron chi connectivity index (χ0n) is 12.4. The van der Waals surface area contributed by atoms with E-state index in [0.717, 1.165) is 30.3 Å². The van der Waals surface area contributed by atoms with Crippen LogP contribution in [0.25, 0.3) is 0 Å². The molecule has 5 nitrogen and oxygen atoms in total. The van der Waals surface area contributed by atoms with Gasteiger partial charge in [-0.2, -0.15) is 17.0 Å². The molecule has 2 rings (SSSR count). The number of methoxy groups -OCH3 is 1. The van der Waals surface area contributed by atoms with Gasteiger partial charge in [0.1, 0.15) is 21.5 Å². The van der Waals surface area contributed by atoms with E-state index >= 15 is 0 Å². The number of esters is 1. The summed E-state index contributed by atoms with van der Waals surface area (Å²) in [6.45, 7) is 6.13. The zero-order chi connectivity index (χ0) is 15.6. The van der Waals surface area contributed by atoms with Crippen molar-refractivity contribution in [2.45, 2.75) is 25.0 Å². The molecule has 1 fully saturated rings. The molecule has 0 spiro atoms.